The van der Waals surface area contributed by atoms with Crippen LogP contribution < -0.4 is 14.8 Å². The largest absolute Gasteiger partial charge is 0.495 e. The van der Waals surface area contributed by atoms with Crippen molar-refractivity contribution in [1.82, 2.24) is 4.72 Å². The zero-order valence-electron chi connectivity index (χ0n) is 15.4. The van der Waals surface area contributed by atoms with Crippen LogP contribution in [0.3, 0.4) is 0 Å². The number of carbonyl (C=O) groups excluding carboxylic acids is 1. The van der Waals surface area contributed by atoms with Gasteiger partial charge in [-0.25, -0.2) is 13.1 Å². The number of benzene rings is 2. The van der Waals surface area contributed by atoms with Gasteiger partial charge in [0.25, 0.3) is 5.91 Å². The van der Waals surface area contributed by atoms with Gasteiger partial charge in [-0.05, 0) is 50.1 Å². The van der Waals surface area contributed by atoms with Gasteiger partial charge in [0, 0.05) is 11.6 Å². The van der Waals surface area contributed by atoms with Crippen LogP contribution in [0, 0.1) is 6.92 Å². The molecule has 0 aliphatic carbocycles. The van der Waals surface area contributed by atoms with Gasteiger partial charge >= 0.3 is 0 Å². The van der Waals surface area contributed by atoms with Crippen LogP contribution in [-0.4, -0.2) is 27.5 Å². The molecule has 2 rings (SSSR count). The predicted molar refractivity (Wildman–Crippen MR) is 102 cm³/mol. The van der Waals surface area contributed by atoms with Crippen molar-refractivity contribution in [2.24, 2.45) is 0 Å². The third-order valence-electron chi connectivity index (χ3n) is 4.09. The number of carbonyl (C=O) groups is 1. The summed E-state index contributed by atoms with van der Waals surface area (Å²) in [7, 11) is -2.22. The van der Waals surface area contributed by atoms with Crippen LogP contribution >= 0.6 is 0 Å². The van der Waals surface area contributed by atoms with Crippen molar-refractivity contribution < 1.29 is 17.9 Å². The molecule has 6 nitrogen and oxygen atoms in total. The molecule has 0 saturated carbocycles. The highest BCUT2D eigenvalue weighted by Crippen LogP contribution is 2.28. The van der Waals surface area contributed by atoms with E-state index in [1.54, 1.807) is 19.1 Å². The Balaban J connectivity index is 2.36. The van der Waals surface area contributed by atoms with Gasteiger partial charge in [-0.3, -0.25) is 4.79 Å². The van der Waals surface area contributed by atoms with Crippen molar-refractivity contribution in [2.45, 2.75) is 38.1 Å². The van der Waals surface area contributed by atoms with E-state index in [9.17, 15) is 13.2 Å². The Kier molecular flexibility index (Phi) is 6.39. The molecule has 7 heteroatoms. The minimum absolute atomic E-state index is 0.0682. The predicted octanol–water partition coefficient (Wildman–Crippen LogP) is 3.33. The average Bonchev–Trinajstić information content (AvgIpc) is 2.61. The van der Waals surface area contributed by atoms with Gasteiger partial charge in [0.15, 0.2) is 0 Å². The number of anilines is 1. The molecule has 0 fully saturated rings. The van der Waals surface area contributed by atoms with Crippen LogP contribution in [0.5, 0.6) is 5.75 Å². The van der Waals surface area contributed by atoms with Gasteiger partial charge in [-0.15, -0.1) is 0 Å². The number of amides is 1. The van der Waals surface area contributed by atoms with E-state index in [-0.39, 0.29) is 16.8 Å². The zero-order chi connectivity index (χ0) is 19.3. The van der Waals surface area contributed by atoms with Crippen molar-refractivity contribution in [3.05, 3.63) is 53.6 Å². The molecule has 2 aromatic rings. The van der Waals surface area contributed by atoms with Crippen LogP contribution in [0.25, 0.3) is 0 Å². The Morgan fingerprint density at radius 2 is 1.88 bits per heavy atom. The minimum Gasteiger partial charge on any atom is -0.495 e. The first kappa shape index (κ1) is 19.9. The normalized spacial score (nSPS) is 12.5. The Hall–Kier alpha value is -2.38. The van der Waals surface area contributed by atoms with Crippen LogP contribution in [0.1, 0.15) is 36.2 Å². The lowest BCUT2D eigenvalue weighted by Gasteiger charge is -2.15. The lowest BCUT2D eigenvalue weighted by Crippen LogP contribution is -2.32. The van der Waals surface area contributed by atoms with E-state index in [4.69, 9.17) is 4.74 Å². The van der Waals surface area contributed by atoms with Crippen molar-refractivity contribution in [1.29, 1.82) is 0 Å². The number of ether oxygens (including phenoxy) is 1. The second-order valence-electron chi connectivity index (χ2n) is 6.06. The molecular weight excluding hydrogens is 352 g/mol. The molecule has 2 N–H and O–H groups in total. The molecule has 0 aliphatic heterocycles. The fraction of sp³-hybridized carbons (Fsp3) is 0.316. The molecule has 26 heavy (non-hydrogen) atoms. The summed E-state index contributed by atoms with van der Waals surface area (Å²) >= 11 is 0. The highest BCUT2D eigenvalue weighted by molar-refractivity contribution is 7.89. The van der Waals surface area contributed by atoms with Crippen LogP contribution in [0.2, 0.25) is 0 Å². The van der Waals surface area contributed by atoms with E-state index in [1.165, 1.54) is 25.3 Å². The summed E-state index contributed by atoms with van der Waals surface area (Å²) in [5.74, 6) is 0.0558. The maximum Gasteiger partial charge on any atom is 0.256 e. The van der Waals surface area contributed by atoms with E-state index in [0.29, 0.717) is 23.4 Å². The van der Waals surface area contributed by atoms with Crippen LogP contribution in [0.4, 0.5) is 5.69 Å². The molecular formula is C19H24N2O4S. The Morgan fingerprint density at radius 1 is 1.19 bits per heavy atom. The molecule has 0 radical (unpaired) electrons. The second kappa shape index (κ2) is 8.33. The number of rotatable bonds is 7. The van der Waals surface area contributed by atoms with Gasteiger partial charge in [-0.1, -0.05) is 25.1 Å². The topological polar surface area (TPSA) is 84.5 Å². The molecule has 140 valence electrons. The highest BCUT2D eigenvalue weighted by atomic mass is 32.2. The summed E-state index contributed by atoms with van der Waals surface area (Å²) in [4.78, 5) is 12.6. The minimum atomic E-state index is -3.68. The molecule has 0 heterocycles. The standard InChI is InChI=1S/C19H24N2O4S/c1-5-14(3)21-26(23,24)15-10-11-18(25-4)17(12-15)20-19(22)16-9-7-6-8-13(16)2/h6-12,14,21H,5H2,1-4H3,(H,20,22)/t14-/m0/s1. The molecule has 1 atom stereocenters. The van der Waals surface area contributed by atoms with Gasteiger partial charge < -0.3 is 10.1 Å². The molecule has 0 aliphatic rings. The van der Waals surface area contributed by atoms with Crippen LogP contribution in [0.15, 0.2) is 47.4 Å². The Bertz CT molecular complexity index is 894. The monoisotopic (exact) mass is 376 g/mol. The van der Waals surface area contributed by atoms with Crippen molar-refractivity contribution in [3.63, 3.8) is 0 Å². The first-order chi connectivity index (χ1) is 12.3. The van der Waals surface area contributed by atoms with Crippen molar-refractivity contribution in [3.8, 4) is 5.75 Å². The van der Waals surface area contributed by atoms with Crippen molar-refractivity contribution >= 4 is 21.6 Å². The summed E-state index contributed by atoms with van der Waals surface area (Å²) in [6.07, 6.45) is 0.673. The smallest absolute Gasteiger partial charge is 0.256 e. The van der Waals surface area contributed by atoms with Gasteiger partial charge in [0.2, 0.25) is 10.0 Å². The third kappa shape index (κ3) is 4.62. The zero-order valence-corrected chi connectivity index (χ0v) is 16.2. The lowest BCUT2D eigenvalue weighted by atomic mass is 10.1. The highest BCUT2D eigenvalue weighted by Gasteiger charge is 2.20. The molecule has 0 aromatic heterocycles. The molecule has 0 spiro atoms. The van der Waals surface area contributed by atoms with Crippen LogP contribution in [-0.2, 0) is 10.0 Å². The van der Waals surface area contributed by atoms with Gasteiger partial charge in [0.1, 0.15) is 5.75 Å². The third-order valence-corrected chi connectivity index (χ3v) is 5.68. The number of sulfonamides is 1. The number of aryl methyl sites for hydroxylation is 1. The lowest BCUT2D eigenvalue weighted by molar-refractivity contribution is 0.102. The van der Waals surface area contributed by atoms with E-state index < -0.39 is 10.0 Å². The molecule has 2 aromatic carbocycles. The number of hydrogen-bond donors (Lipinski definition) is 2. The average molecular weight is 376 g/mol. The fourth-order valence-corrected chi connectivity index (χ4v) is 3.74. The molecule has 1 amide bonds. The SMILES string of the molecule is CC[C@H](C)NS(=O)(=O)c1ccc(OC)c(NC(=O)c2ccccc2C)c1. The first-order valence-electron chi connectivity index (χ1n) is 8.35. The molecule has 0 saturated heterocycles. The second-order valence-corrected chi connectivity index (χ2v) is 7.78. The Morgan fingerprint density at radius 3 is 2.50 bits per heavy atom. The summed E-state index contributed by atoms with van der Waals surface area (Å²) in [5, 5.41) is 2.74. The van der Waals surface area contributed by atoms with E-state index in [2.05, 4.69) is 10.0 Å². The number of nitrogens with one attached hydrogen (secondary N) is 2. The van der Waals surface area contributed by atoms with E-state index >= 15 is 0 Å². The quantitative estimate of drug-likeness (QED) is 0.776. The molecule has 0 unspecified atom stereocenters. The van der Waals surface area contributed by atoms with Gasteiger partial charge in [-0.2, -0.15) is 0 Å². The maximum absolute atomic E-state index is 12.6. The first-order valence-corrected chi connectivity index (χ1v) is 9.84. The number of hydrogen-bond acceptors (Lipinski definition) is 4. The fourth-order valence-electron chi connectivity index (χ4n) is 2.39. The summed E-state index contributed by atoms with van der Waals surface area (Å²) in [5.41, 5.74) is 1.64. The van der Waals surface area contributed by atoms with E-state index in [0.717, 1.165) is 5.56 Å². The maximum atomic E-state index is 12.6. The van der Waals surface area contributed by atoms with Gasteiger partial charge in [0.05, 0.1) is 17.7 Å². The molecule has 0 bridgehead atoms. The van der Waals surface area contributed by atoms with Crippen molar-refractivity contribution in [2.75, 3.05) is 12.4 Å². The summed E-state index contributed by atoms with van der Waals surface area (Å²) in [6.45, 7) is 5.53. The Labute approximate surface area is 154 Å². The van der Waals surface area contributed by atoms with E-state index in [1.807, 2.05) is 26.0 Å². The number of methoxy groups -OCH3 is 1. The summed E-state index contributed by atoms with van der Waals surface area (Å²) < 4.78 is 32.8. The summed E-state index contributed by atoms with van der Waals surface area (Å²) in [6, 6.07) is 11.4.